The van der Waals surface area contributed by atoms with E-state index in [2.05, 4.69) is 13.0 Å². The van der Waals surface area contributed by atoms with Crippen LogP contribution in [0, 0.1) is 28.6 Å². The molecular weight excluding hydrogens is 332 g/mol. The molecule has 0 heterocycles. The predicted octanol–water partition coefficient (Wildman–Crippen LogP) is 1.57. The third-order valence-electron chi connectivity index (χ3n) is 8.71. The van der Waals surface area contributed by atoms with Crippen LogP contribution in [0.4, 0.5) is 0 Å². The lowest BCUT2D eigenvalue weighted by Gasteiger charge is -2.58. The minimum absolute atomic E-state index is 0.0540. The van der Waals surface area contributed by atoms with Crippen LogP contribution in [0.3, 0.4) is 0 Å². The molecule has 5 nitrogen and oxygen atoms in total. The highest BCUT2D eigenvalue weighted by Gasteiger charge is 2.67. The van der Waals surface area contributed by atoms with Gasteiger partial charge in [0, 0.05) is 17.8 Å². The molecular formula is C21H32O5. The van der Waals surface area contributed by atoms with Gasteiger partial charge in [-0.2, -0.15) is 0 Å². The molecule has 146 valence electrons. The summed E-state index contributed by atoms with van der Waals surface area (Å²) in [5.41, 5.74) is -1.04. The molecule has 3 saturated carbocycles. The Balaban J connectivity index is 1.73. The van der Waals surface area contributed by atoms with Gasteiger partial charge < -0.3 is 20.4 Å². The quantitative estimate of drug-likeness (QED) is 0.558. The van der Waals surface area contributed by atoms with Gasteiger partial charge in [-0.15, -0.1) is 0 Å². The highest BCUT2D eigenvalue weighted by molar-refractivity contribution is 5.85. The van der Waals surface area contributed by atoms with Crippen LogP contribution in [0.1, 0.15) is 58.8 Å². The summed E-state index contributed by atoms with van der Waals surface area (Å²) in [7, 11) is 0. The second kappa shape index (κ2) is 5.87. The molecule has 0 amide bonds. The number of carbonyl (C=O) groups is 1. The molecule has 3 fully saturated rings. The number of carbonyl (C=O) groups excluding carboxylic acids is 1. The molecule has 0 aromatic heterocycles. The van der Waals surface area contributed by atoms with Gasteiger partial charge in [-0.1, -0.05) is 25.5 Å². The van der Waals surface area contributed by atoms with E-state index in [0.29, 0.717) is 12.8 Å². The number of hydrogen-bond acceptors (Lipinski definition) is 5. The third-order valence-corrected chi connectivity index (χ3v) is 8.71. The number of ketones is 1. The van der Waals surface area contributed by atoms with Crippen molar-refractivity contribution in [3.8, 4) is 0 Å². The van der Waals surface area contributed by atoms with Crippen LogP contribution in [0.15, 0.2) is 11.6 Å². The Labute approximate surface area is 155 Å². The Morgan fingerprint density at radius 1 is 1.27 bits per heavy atom. The molecule has 5 heteroatoms. The highest BCUT2D eigenvalue weighted by Crippen LogP contribution is 2.66. The maximum Gasteiger partial charge on any atom is 0.137 e. The average Bonchev–Trinajstić information content (AvgIpc) is 2.86. The molecule has 4 aliphatic rings. The Morgan fingerprint density at radius 3 is 2.69 bits per heavy atom. The Bertz CT molecular complexity index is 644. The van der Waals surface area contributed by atoms with E-state index in [1.165, 1.54) is 5.57 Å². The Hall–Kier alpha value is -0.750. The van der Waals surface area contributed by atoms with Gasteiger partial charge in [-0.25, -0.2) is 0 Å². The molecule has 0 radical (unpaired) electrons. The minimum Gasteiger partial charge on any atom is -0.394 e. The van der Waals surface area contributed by atoms with Crippen molar-refractivity contribution in [2.24, 2.45) is 28.6 Å². The zero-order valence-electron chi connectivity index (χ0n) is 15.8. The molecule has 4 aliphatic carbocycles. The van der Waals surface area contributed by atoms with Crippen LogP contribution in [0.2, 0.25) is 0 Å². The van der Waals surface area contributed by atoms with Crippen molar-refractivity contribution in [1.29, 1.82) is 0 Å². The summed E-state index contributed by atoms with van der Waals surface area (Å²) in [6, 6.07) is 0. The normalized spacial score (nSPS) is 51.9. The van der Waals surface area contributed by atoms with E-state index in [9.17, 15) is 25.2 Å². The van der Waals surface area contributed by atoms with Crippen molar-refractivity contribution in [2.75, 3.05) is 6.61 Å². The Kier molecular flexibility index (Phi) is 4.20. The first-order chi connectivity index (χ1) is 12.2. The third kappa shape index (κ3) is 2.20. The first-order valence-electron chi connectivity index (χ1n) is 10.1. The number of fused-ring (bicyclic) bond motifs is 5. The number of Topliss-reactive ketones (excluding diaryl/α,β-unsaturated/α-hetero) is 1. The predicted molar refractivity (Wildman–Crippen MR) is 96.1 cm³/mol. The smallest absolute Gasteiger partial charge is 0.137 e. The molecule has 0 spiro atoms. The lowest BCUT2D eigenvalue weighted by atomic mass is 9.46. The molecule has 0 saturated heterocycles. The second-order valence-electron chi connectivity index (χ2n) is 9.75. The number of hydrogen-bond donors (Lipinski definition) is 4. The largest absolute Gasteiger partial charge is 0.394 e. The van der Waals surface area contributed by atoms with Crippen LogP contribution < -0.4 is 0 Å². The van der Waals surface area contributed by atoms with E-state index in [1.54, 1.807) is 0 Å². The summed E-state index contributed by atoms with van der Waals surface area (Å²) in [6.07, 6.45) is 5.24. The second-order valence-corrected chi connectivity index (χ2v) is 9.75. The lowest BCUT2D eigenvalue weighted by molar-refractivity contribution is -0.186. The first-order valence-corrected chi connectivity index (χ1v) is 10.1. The summed E-state index contributed by atoms with van der Waals surface area (Å²) >= 11 is 0. The fourth-order valence-corrected chi connectivity index (χ4v) is 7.21. The van der Waals surface area contributed by atoms with Gasteiger partial charge in [0.05, 0.1) is 18.3 Å². The summed E-state index contributed by atoms with van der Waals surface area (Å²) in [5.74, 6) is 0.466. The number of aliphatic hydroxyl groups excluding tert-OH is 3. The number of allylic oxidation sites excluding steroid dienone is 1. The van der Waals surface area contributed by atoms with Crippen molar-refractivity contribution in [3.63, 3.8) is 0 Å². The molecule has 0 bridgehead atoms. The molecule has 4 rings (SSSR count). The molecule has 8 atom stereocenters. The standard InChI is InChI=1S/C21H32O5/c1-19-7-5-13(23)9-12(19)3-4-14-15-6-8-21(26,17(25)11-22)20(15,2)10-16(24)18(14)19/h3,13-15,17-18,22-23,25-26H,4-11H2,1-2H3/t13-,14-,15-,17+,18+,19-,20-,21-/m0/s1. The molecule has 26 heavy (non-hydrogen) atoms. The monoisotopic (exact) mass is 364 g/mol. The van der Waals surface area contributed by atoms with Crippen molar-refractivity contribution >= 4 is 5.78 Å². The fraction of sp³-hybridized carbons (Fsp3) is 0.857. The highest BCUT2D eigenvalue weighted by atomic mass is 16.4. The summed E-state index contributed by atoms with van der Waals surface area (Å²) in [6.45, 7) is 3.64. The number of aliphatic hydroxyl groups is 4. The maximum atomic E-state index is 13.4. The summed E-state index contributed by atoms with van der Waals surface area (Å²) < 4.78 is 0. The summed E-state index contributed by atoms with van der Waals surface area (Å²) in [5, 5.41) is 41.1. The van der Waals surface area contributed by atoms with E-state index in [1.807, 2.05) is 6.92 Å². The van der Waals surface area contributed by atoms with Gasteiger partial charge in [0.25, 0.3) is 0 Å². The SMILES string of the molecule is C[C@]12CC[C@H](O)CC1=CC[C@@H]1[C@@H]2C(=O)C[C@@]2(C)[C@H]1CC[C@]2(O)[C@H](O)CO. The van der Waals surface area contributed by atoms with Crippen molar-refractivity contribution in [2.45, 2.75) is 76.6 Å². The molecule has 0 aromatic rings. The minimum atomic E-state index is -1.40. The molecule has 4 N–H and O–H groups in total. The Morgan fingerprint density at radius 2 is 2.00 bits per heavy atom. The van der Waals surface area contributed by atoms with Gasteiger partial charge in [-0.3, -0.25) is 4.79 Å². The van der Waals surface area contributed by atoms with Crippen LogP contribution >= 0.6 is 0 Å². The molecule has 0 aromatic carbocycles. The topological polar surface area (TPSA) is 98.0 Å². The molecule has 0 unspecified atom stereocenters. The lowest BCUT2D eigenvalue weighted by Crippen LogP contribution is -2.61. The maximum absolute atomic E-state index is 13.4. The van der Waals surface area contributed by atoms with E-state index in [4.69, 9.17) is 0 Å². The van der Waals surface area contributed by atoms with Gasteiger partial charge in [0.2, 0.25) is 0 Å². The van der Waals surface area contributed by atoms with E-state index < -0.39 is 23.7 Å². The van der Waals surface area contributed by atoms with Gasteiger partial charge in [0.1, 0.15) is 11.9 Å². The zero-order valence-corrected chi connectivity index (χ0v) is 15.8. The van der Waals surface area contributed by atoms with Gasteiger partial charge >= 0.3 is 0 Å². The van der Waals surface area contributed by atoms with E-state index in [0.717, 1.165) is 25.7 Å². The van der Waals surface area contributed by atoms with Crippen LogP contribution in [-0.2, 0) is 4.79 Å². The van der Waals surface area contributed by atoms with Gasteiger partial charge in [-0.05, 0) is 55.8 Å². The van der Waals surface area contributed by atoms with Gasteiger partial charge in [0.15, 0.2) is 0 Å². The van der Waals surface area contributed by atoms with Crippen molar-refractivity contribution in [1.82, 2.24) is 0 Å². The number of rotatable bonds is 2. The van der Waals surface area contributed by atoms with Crippen molar-refractivity contribution in [3.05, 3.63) is 11.6 Å². The van der Waals surface area contributed by atoms with Crippen molar-refractivity contribution < 1.29 is 25.2 Å². The van der Waals surface area contributed by atoms with Crippen LogP contribution in [0.25, 0.3) is 0 Å². The zero-order chi connectivity index (χ0) is 18.9. The van der Waals surface area contributed by atoms with E-state index in [-0.39, 0.29) is 41.5 Å². The summed E-state index contributed by atoms with van der Waals surface area (Å²) in [4.78, 5) is 13.4. The average molecular weight is 364 g/mol. The van der Waals surface area contributed by atoms with E-state index >= 15 is 0 Å². The van der Waals surface area contributed by atoms with Crippen LogP contribution in [0.5, 0.6) is 0 Å². The molecule has 0 aliphatic heterocycles. The first kappa shape index (κ1) is 18.6. The van der Waals surface area contributed by atoms with Crippen LogP contribution in [-0.4, -0.2) is 50.6 Å². The fourth-order valence-electron chi connectivity index (χ4n) is 7.21.